The maximum atomic E-state index is 5.46. The van der Waals surface area contributed by atoms with Crippen molar-refractivity contribution in [3.8, 4) is 84.3 Å². The van der Waals surface area contributed by atoms with Crippen molar-refractivity contribution in [2.75, 3.05) is 0 Å². The van der Waals surface area contributed by atoms with Gasteiger partial charge in [0.2, 0.25) is 5.95 Å². The third kappa shape index (κ3) is 7.20. The molecular weight excluding hydrogens is 1050 g/mol. The Kier molecular flexibility index (Phi) is 10.4. The summed E-state index contributed by atoms with van der Waals surface area (Å²) in [7, 11) is 0. The van der Waals surface area contributed by atoms with Crippen LogP contribution in [0.2, 0.25) is 0 Å². The fourth-order valence-electron chi connectivity index (χ4n) is 15.3. The topological polar surface area (TPSA) is 40.6 Å². The predicted molar refractivity (Wildman–Crippen MR) is 362 cm³/mol. The summed E-state index contributed by atoms with van der Waals surface area (Å²) in [5.41, 5.74) is 28.1. The largest absolute Gasteiger partial charge is 0.309 e. The Balaban J connectivity index is 0.814. The van der Waals surface area contributed by atoms with E-state index in [9.17, 15) is 0 Å². The first-order valence-corrected chi connectivity index (χ1v) is 30.3. The number of hydrogen-bond acceptors (Lipinski definition) is 2. The van der Waals surface area contributed by atoms with Crippen LogP contribution in [0.3, 0.4) is 0 Å². The Bertz CT molecular complexity index is 5490. The number of para-hydroxylation sites is 3. The minimum absolute atomic E-state index is 0.173. The van der Waals surface area contributed by atoms with Crippen molar-refractivity contribution in [2.24, 2.45) is 0 Å². The summed E-state index contributed by atoms with van der Waals surface area (Å²) >= 11 is 0. The average molecular weight is 1110 g/mol. The fourth-order valence-corrected chi connectivity index (χ4v) is 15.3. The number of nitrogens with zero attached hydrogens (tertiary/aromatic N) is 5. The molecule has 0 atom stereocenters. The lowest BCUT2D eigenvalue weighted by atomic mass is 9.81. The van der Waals surface area contributed by atoms with E-state index in [-0.39, 0.29) is 10.8 Å². The van der Waals surface area contributed by atoms with Gasteiger partial charge >= 0.3 is 0 Å². The molecule has 5 heteroatoms. The van der Waals surface area contributed by atoms with Gasteiger partial charge in [0.1, 0.15) is 0 Å². The molecule has 0 unspecified atom stereocenters. The summed E-state index contributed by atoms with van der Waals surface area (Å²) in [5.74, 6) is 0.626. The van der Waals surface area contributed by atoms with E-state index in [0.717, 1.165) is 66.6 Å². The van der Waals surface area contributed by atoms with Gasteiger partial charge in [-0.2, -0.15) is 0 Å². The van der Waals surface area contributed by atoms with E-state index >= 15 is 0 Å². The highest BCUT2D eigenvalue weighted by Crippen LogP contribution is 2.55. The smallest absolute Gasteiger partial charge is 0.235 e. The average Bonchev–Trinajstić information content (AvgIpc) is 1.61. The van der Waals surface area contributed by atoms with Crippen molar-refractivity contribution >= 4 is 65.4 Å². The molecule has 0 amide bonds. The van der Waals surface area contributed by atoms with Crippen LogP contribution in [0, 0.1) is 0 Å². The normalized spacial score (nSPS) is 13.7. The summed E-state index contributed by atoms with van der Waals surface area (Å²) < 4.78 is 7.23. The molecule has 2 aliphatic rings. The maximum absolute atomic E-state index is 5.46. The van der Waals surface area contributed by atoms with Gasteiger partial charge in [-0.25, -0.2) is 9.97 Å². The van der Waals surface area contributed by atoms with Crippen molar-refractivity contribution in [3.05, 3.63) is 295 Å². The minimum atomic E-state index is -0.188. The molecule has 0 spiro atoms. The van der Waals surface area contributed by atoms with Gasteiger partial charge in [-0.1, -0.05) is 216 Å². The summed E-state index contributed by atoms with van der Waals surface area (Å²) in [5, 5.41) is 7.17. The Morgan fingerprint density at radius 1 is 0.264 bits per heavy atom. The Labute approximate surface area is 504 Å². The third-order valence-corrected chi connectivity index (χ3v) is 19.4. The molecule has 0 radical (unpaired) electrons. The van der Waals surface area contributed by atoms with Crippen LogP contribution in [0.5, 0.6) is 0 Å². The molecule has 87 heavy (non-hydrogen) atoms. The zero-order chi connectivity index (χ0) is 57.9. The lowest BCUT2D eigenvalue weighted by molar-refractivity contribution is 0.660. The number of hydrogen-bond donors (Lipinski definition) is 0. The molecule has 0 aliphatic heterocycles. The third-order valence-electron chi connectivity index (χ3n) is 19.4. The first kappa shape index (κ1) is 49.5. The maximum Gasteiger partial charge on any atom is 0.235 e. The molecule has 0 saturated carbocycles. The monoisotopic (exact) mass is 1110 g/mol. The standard InChI is InChI=1S/C82H57N5/c1-81(2)69-39-33-52(54-35-41-74-64(45-54)61-38-37-60-58-29-17-19-31-68(58)82(3,4)78(60)79(61)86(74)57-27-15-8-16-28-57)43-62(69)63-44-53(34-40-70(63)81)55-36-42-75-65(46-55)67-48-76-66(59-30-18-20-32-73(59)85(76)56-25-13-7-14-26-56)47-77(67)87(75)80-83-71(50-21-9-5-10-22-50)49-72(84-80)51-23-11-6-12-24-51/h5-49H,1-4H3. The second kappa shape index (κ2) is 18.3. The van der Waals surface area contributed by atoms with Crippen LogP contribution in [0.25, 0.3) is 150 Å². The summed E-state index contributed by atoms with van der Waals surface area (Å²) in [6.45, 7) is 9.56. The van der Waals surface area contributed by atoms with E-state index in [0.29, 0.717) is 5.95 Å². The molecule has 16 aromatic rings. The lowest BCUT2D eigenvalue weighted by Gasteiger charge is -2.23. The molecule has 0 bridgehead atoms. The van der Waals surface area contributed by atoms with Gasteiger partial charge in [0.15, 0.2) is 0 Å². The summed E-state index contributed by atoms with van der Waals surface area (Å²) in [6, 6.07) is 101. The van der Waals surface area contributed by atoms with Gasteiger partial charge in [0, 0.05) is 65.6 Å². The first-order chi connectivity index (χ1) is 42.7. The molecule has 0 N–H and O–H groups in total. The van der Waals surface area contributed by atoms with E-state index in [1.165, 1.54) is 99.5 Å². The van der Waals surface area contributed by atoms with Crippen LogP contribution < -0.4 is 0 Å². The Hall–Kier alpha value is -10.9. The summed E-state index contributed by atoms with van der Waals surface area (Å²) in [6.07, 6.45) is 0. The fraction of sp³-hybridized carbons (Fsp3) is 0.0732. The van der Waals surface area contributed by atoms with E-state index in [1.807, 2.05) is 0 Å². The second-order valence-electron chi connectivity index (χ2n) is 24.9. The van der Waals surface area contributed by atoms with Gasteiger partial charge in [-0.3, -0.25) is 4.57 Å². The molecule has 12 aromatic carbocycles. The van der Waals surface area contributed by atoms with Crippen LogP contribution in [0.4, 0.5) is 0 Å². The van der Waals surface area contributed by atoms with Crippen molar-refractivity contribution < 1.29 is 0 Å². The van der Waals surface area contributed by atoms with E-state index < -0.39 is 0 Å². The molecule has 410 valence electrons. The molecule has 5 nitrogen and oxygen atoms in total. The molecule has 0 fully saturated rings. The second-order valence-corrected chi connectivity index (χ2v) is 24.9. The minimum Gasteiger partial charge on any atom is -0.309 e. The zero-order valence-corrected chi connectivity index (χ0v) is 48.7. The summed E-state index contributed by atoms with van der Waals surface area (Å²) in [4.78, 5) is 10.9. The van der Waals surface area contributed by atoms with E-state index in [4.69, 9.17) is 9.97 Å². The van der Waals surface area contributed by atoms with Gasteiger partial charge < -0.3 is 9.13 Å². The van der Waals surface area contributed by atoms with Crippen molar-refractivity contribution in [1.29, 1.82) is 0 Å². The van der Waals surface area contributed by atoms with Crippen LogP contribution >= 0.6 is 0 Å². The number of fused-ring (bicyclic) bond motifs is 16. The van der Waals surface area contributed by atoms with E-state index in [1.54, 1.807) is 0 Å². The number of benzene rings is 12. The van der Waals surface area contributed by atoms with Gasteiger partial charge in [-0.15, -0.1) is 0 Å². The van der Waals surface area contributed by atoms with Crippen molar-refractivity contribution in [2.45, 2.75) is 38.5 Å². The van der Waals surface area contributed by atoms with Crippen molar-refractivity contribution in [3.63, 3.8) is 0 Å². The Morgan fingerprint density at radius 2 is 0.713 bits per heavy atom. The highest BCUT2D eigenvalue weighted by Gasteiger charge is 2.39. The molecule has 18 rings (SSSR count). The molecular formula is C82H57N5. The number of aromatic nitrogens is 5. The molecule has 2 aliphatic carbocycles. The molecule has 4 aromatic heterocycles. The van der Waals surface area contributed by atoms with Crippen LogP contribution in [-0.4, -0.2) is 23.7 Å². The zero-order valence-electron chi connectivity index (χ0n) is 48.7. The first-order valence-electron chi connectivity index (χ1n) is 30.3. The highest BCUT2D eigenvalue weighted by atomic mass is 15.2. The highest BCUT2D eigenvalue weighted by molar-refractivity contribution is 6.20. The predicted octanol–water partition coefficient (Wildman–Crippen LogP) is 21.0. The molecule has 4 heterocycles. The molecule has 0 saturated heterocycles. The van der Waals surface area contributed by atoms with Crippen LogP contribution in [0.15, 0.2) is 273 Å². The van der Waals surface area contributed by atoms with E-state index in [2.05, 4.69) is 314 Å². The van der Waals surface area contributed by atoms with Crippen LogP contribution in [-0.2, 0) is 10.8 Å². The van der Waals surface area contributed by atoms with Gasteiger partial charge in [-0.05, 0) is 152 Å². The van der Waals surface area contributed by atoms with Gasteiger partial charge in [0.25, 0.3) is 0 Å². The van der Waals surface area contributed by atoms with Crippen LogP contribution in [0.1, 0.15) is 49.9 Å². The number of rotatable bonds is 7. The SMILES string of the molecule is CC1(C)c2ccc(-c3ccc4c(c3)c3cc5c(cc3n4-c3nc(-c4ccccc4)cc(-c4ccccc4)n3)c3ccccc3n5-c3ccccc3)cc2-c2cc(-c3ccc4c(c3)c3ccc5c(c3n4-c3ccccc3)C(C)(C)c3ccccc3-5)ccc21. The van der Waals surface area contributed by atoms with Crippen molar-refractivity contribution in [1.82, 2.24) is 23.7 Å². The quantitative estimate of drug-likeness (QED) is 0.160. The Morgan fingerprint density at radius 3 is 1.33 bits per heavy atom. The van der Waals surface area contributed by atoms with Gasteiger partial charge in [0.05, 0.1) is 44.5 Å². The lowest BCUT2D eigenvalue weighted by Crippen LogP contribution is -2.16.